The fourth-order valence-corrected chi connectivity index (χ4v) is 3.45. The number of aromatic nitrogens is 2. The van der Waals surface area contributed by atoms with Gasteiger partial charge in [-0.25, -0.2) is 23.3 Å². The summed E-state index contributed by atoms with van der Waals surface area (Å²) < 4.78 is 69.2. The van der Waals surface area contributed by atoms with E-state index in [1.54, 1.807) is 0 Å². The Labute approximate surface area is 193 Å². The average Bonchev–Trinajstić information content (AvgIpc) is 2.72. The summed E-state index contributed by atoms with van der Waals surface area (Å²) in [7, 11) is 1.87. The summed E-state index contributed by atoms with van der Waals surface area (Å²) in [5.41, 5.74) is -6.76. The molecule has 0 atom stereocenters. The van der Waals surface area contributed by atoms with Crippen LogP contribution in [0.3, 0.4) is 0 Å². The van der Waals surface area contributed by atoms with Gasteiger partial charge in [0.15, 0.2) is 6.61 Å². The number of ether oxygens (including phenoxy) is 3. The number of carbonyl (C=O) groups is 2. The first-order valence-electron chi connectivity index (χ1n) is 9.63. The number of methoxy groups -OCH3 is 1. The van der Waals surface area contributed by atoms with Crippen molar-refractivity contribution in [3.8, 4) is 11.4 Å². The molecule has 1 saturated carbocycles. The summed E-state index contributed by atoms with van der Waals surface area (Å²) in [5, 5.41) is -0.343. The highest BCUT2D eigenvalue weighted by molar-refractivity contribution is 6.32. The number of halogens is 5. The van der Waals surface area contributed by atoms with Crippen LogP contribution in [0.25, 0.3) is 5.69 Å². The second-order valence-corrected chi connectivity index (χ2v) is 7.79. The summed E-state index contributed by atoms with van der Waals surface area (Å²) in [5.74, 6) is -3.27. The second kappa shape index (κ2) is 9.12. The third-order valence-corrected chi connectivity index (χ3v) is 5.54. The number of alkyl halides is 3. The van der Waals surface area contributed by atoms with E-state index in [1.165, 1.54) is 0 Å². The SMILES string of the molecule is COC(=O)COC(=O)C1(Oc2cc(-n3c(=O)cc(C(F)(F)F)n(C)c3=O)c(F)cc2Cl)CCC1. The van der Waals surface area contributed by atoms with E-state index < -0.39 is 58.8 Å². The van der Waals surface area contributed by atoms with E-state index >= 15 is 0 Å². The Morgan fingerprint density at radius 1 is 1.18 bits per heavy atom. The smallest absolute Gasteiger partial charge is 0.431 e. The first kappa shape index (κ1) is 25.3. The lowest BCUT2D eigenvalue weighted by Gasteiger charge is -2.39. The Balaban J connectivity index is 2.04. The molecular formula is C20H17ClF4N2O7. The maximum absolute atomic E-state index is 14.7. The van der Waals surface area contributed by atoms with Gasteiger partial charge in [-0.2, -0.15) is 13.2 Å². The van der Waals surface area contributed by atoms with Gasteiger partial charge in [-0.15, -0.1) is 0 Å². The van der Waals surface area contributed by atoms with E-state index in [9.17, 15) is 36.7 Å². The topological polar surface area (TPSA) is 106 Å². The lowest BCUT2D eigenvalue weighted by molar-refractivity contribution is -0.175. The molecule has 0 aliphatic heterocycles. The summed E-state index contributed by atoms with van der Waals surface area (Å²) in [6.07, 6.45) is -4.16. The van der Waals surface area contributed by atoms with Crippen molar-refractivity contribution >= 4 is 23.5 Å². The monoisotopic (exact) mass is 508 g/mol. The Bertz CT molecular complexity index is 1270. The number of hydrogen-bond donors (Lipinski definition) is 0. The molecule has 1 aromatic heterocycles. The van der Waals surface area contributed by atoms with Gasteiger partial charge in [0.25, 0.3) is 5.56 Å². The minimum atomic E-state index is -5.00. The number of rotatable bonds is 6. The zero-order chi connectivity index (χ0) is 25.4. The molecule has 2 aromatic rings. The zero-order valence-corrected chi connectivity index (χ0v) is 18.5. The second-order valence-electron chi connectivity index (χ2n) is 7.38. The van der Waals surface area contributed by atoms with Crippen LogP contribution in [0.4, 0.5) is 17.6 Å². The van der Waals surface area contributed by atoms with Crippen molar-refractivity contribution in [1.82, 2.24) is 9.13 Å². The highest BCUT2D eigenvalue weighted by Crippen LogP contribution is 2.41. The van der Waals surface area contributed by atoms with Gasteiger partial charge in [0.1, 0.15) is 17.3 Å². The average molecular weight is 509 g/mol. The molecule has 1 aliphatic carbocycles. The molecule has 14 heteroatoms. The normalized spacial score (nSPS) is 14.8. The van der Waals surface area contributed by atoms with E-state index in [1.807, 2.05) is 0 Å². The van der Waals surface area contributed by atoms with Gasteiger partial charge >= 0.3 is 23.8 Å². The van der Waals surface area contributed by atoms with E-state index in [-0.39, 0.29) is 38.8 Å². The van der Waals surface area contributed by atoms with Crippen molar-refractivity contribution in [2.24, 2.45) is 7.05 Å². The third kappa shape index (κ3) is 4.65. The molecule has 1 heterocycles. The molecule has 34 heavy (non-hydrogen) atoms. The van der Waals surface area contributed by atoms with Crippen LogP contribution < -0.4 is 16.0 Å². The molecule has 0 radical (unpaired) electrons. The predicted molar refractivity (Wildman–Crippen MR) is 107 cm³/mol. The number of nitrogens with zero attached hydrogens (tertiary/aromatic N) is 2. The summed E-state index contributed by atoms with van der Waals surface area (Å²) in [4.78, 5) is 48.6. The van der Waals surface area contributed by atoms with Crippen LogP contribution in [-0.2, 0) is 32.3 Å². The maximum atomic E-state index is 14.7. The molecule has 0 saturated heterocycles. The summed E-state index contributed by atoms with van der Waals surface area (Å²) in [6, 6.07) is 1.65. The predicted octanol–water partition coefficient (Wildman–Crippen LogP) is 2.37. The van der Waals surface area contributed by atoms with Crippen molar-refractivity contribution in [3.05, 3.63) is 55.6 Å². The number of hydrogen-bond acceptors (Lipinski definition) is 7. The minimum Gasteiger partial charge on any atom is -0.474 e. The van der Waals surface area contributed by atoms with Crippen molar-refractivity contribution in [1.29, 1.82) is 0 Å². The van der Waals surface area contributed by atoms with Crippen molar-refractivity contribution in [3.63, 3.8) is 0 Å². The van der Waals surface area contributed by atoms with Crippen LogP contribution in [0.15, 0.2) is 27.8 Å². The van der Waals surface area contributed by atoms with Crippen molar-refractivity contribution in [2.45, 2.75) is 31.0 Å². The van der Waals surface area contributed by atoms with Gasteiger partial charge in [0.05, 0.1) is 17.8 Å². The molecule has 0 spiro atoms. The fourth-order valence-electron chi connectivity index (χ4n) is 3.26. The number of esters is 2. The molecule has 9 nitrogen and oxygen atoms in total. The molecule has 3 rings (SSSR count). The Kier molecular flexibility index (Phi) is 6.78. The minimum absolute atomic E-state index is 0.146. The lowest BCUT2D eigenvalue weighted by Crippen LogP contribution is -2.52. The quantitative estimate of drug-likeness (QED) is 0.435. The summed E-state index contributed by atoms with van der Waals surface area (Å²) >= 11 is 6.02. The van der Waals surface area contributed by atoms with Gasteiger partial charge in [0, 0.05) is 19.2 Å². The molecule has 184 valence electrons. The Hall–Kier alpha value is -3.35. The number of carbonyl (C=O) groups excluding carboxylic acids is 2. The van der Waals surface area contributed by atoms with Crippen LogP contribution in [0.2, 0.25) is 5.02 Å². The van der Waals surface area contributed by atoms with Crippen LogP contribution in [0, 0.1) is 5.82 Å². The highest BCUT2D eigenvalue weighted by atomic mass is 35.5. The molecule has 1 aliphatic rings. The van der Waals surface area contributed by atoms with Crippen molar-refractivity contribution in [2.75, 3.05) is 13.7 Å². The van der Waals surface area contributed by atoms with E-state index in [2.05, 4.69) is 4.74 Å². The van der Waals surface area contributed by atoms with Gasteiger partial charge in [-0.3, -0.25) is 9.36 Å². The van der Waals surface area contributed by atoms with Gasteiger partial charge in [-0.1, -0.05) is 11.6 Å². The Morgan fingerprint density at radius 2 is 1.82 bits per heavy atom. The maximum Gasteiger partial charge on any atom is 0.431 e. The molecule has 0 bridgehead atoms. The van der Waals surface area contributed by atoms with Crippen LogP contribution in [-0.4, -0.2) is 40.4 Å². The molecule has 1 fully saturated rings. The molecule has 0 N–H and O–H groups in total. The molecule has 1 aromatic carbocycles. The Morgan fingerprint density at radius 3 is 2.35 bits per heavy atom. The zero-order valence-electron chi connectivity index (χ0n) is 17.7. The van der Waals surface area contributed by atoms with Gasteiger partial charge in [0.2, 0.25) is 5.60 Å². The first-order chi connectivity index (χ1) is 15.8. The molecule has 0 unspecified atom stereocenters. The third-order valence-electron chi connectivity index (χ3n) is 5.24. The first-order valence-corrected chi connectivity index (χ1v) is 10.0. The van der Waals surface area contributed by atoms with E-state index in [4.69, 9.17) is 21.1 Å². The molecule has 0 amide bonds. The van der Waals surface area contributed by atoms with Crippen LogP contribution >= 0.6 is 11.6 Å². The van der Waals surface area contributed by atoms with Gasteiger partial charge in [-0.05, 0) is 25.3 Å². The van der Waals surface area contributed by atoms with E-state index in [0.717, 1.165) is 20.2 Å². The van der Waals surface area contributed by atoms with Crippen molar-refractivity contribution < 1.29 is 41.4 Å². The largest absolute Gasteiger partial charge is 0.474 e. The fraction of sp³-hybridized carbons (Fsp3) is 0.400. The van der Waals surface area contributed by atoms with Gasteiger partial charge < -0.3 is 14.2 Å². The van der Waals surface area contributed by atoms with E-state index in [0.29, 0.717) is 12.5 Å². The standard InChI is InChI=1S/C20H17ClF4N2O7/c1-26-14(20(23,24)25)8-15(28)27(18(26)31)12-7-13(10(21)6-11(12)22)34-19(4-3-5-19)17(30)33-9-16(29)32-2/h6-8H,3-5,9H2,1-2H3. The number of benzene rings is 1. The summed E-state index contributed by atoms with van der Waals surface area (Å²) in [6.45, 7) is -0.681. The van der Waals surface area contributed by atoms with Crippen LogP contribution in [0.5, 0.6) is 5.75 Å². The lowest BCUT2D eigenvalue weighted by atomic mass is 9.80. The van der Waals surface area contributed by atoms with Crippen LogP contribution in [0.1, 0.15) is 25.0 Å². The molecular weight excluding hydrogens is 492 g/mol. The highest BCUT2D eigenvalue weighted by Gasteiger charge is 2.49.